The Bertz CT molecular complexity index is 476. The molecule has 0 spiro atoms. The molecule has 0 bridgehead atoms. The van der Waals surface area contributed by atoms with E-state index < -0.39 is 0 Å². The van der Waals surface area contributed by atoms with E-state index in [0.29, 0.717) is 11.3 Å². The van der Waals surface area contributed by atoms with Gasteiger partial charge in [0.1, 0.15) is 11.7 Å². The van der Waals surface area contributed by atoms with Crippen molar-refractivity contribution in [2.24, 2.45) is 0 Å². The number of esters is 1. The second-order valence-corrected chi connectivity index (χ2v) is 4.71. The number of methoxy groups -OCH3 is 1. The van der Waals surface area contributed by atoms with Crippen LogP contribution in [0.25, 0.3) is 0 Å². The van der Waals surface area contributed by atoms with Crippen molar-refractivity contribution in [3.05, 3.63) is 23.8 Å². The van der Waals surface area contributed by atoms with Crippen LogP contribution in [0.1, 0.15) is 17.3 Å². The lowest BCUT2D eigenvalue weighted by Gasteiger charge is -2.40. The number of hydrogen-bond donors (Lipinski definition) is 1. The number of nitrogens with one attached hydrogen (secondary N) is 1. The Labute approximate surface area is 113 Å². The molecule has 0 saturated heterocycles. The Kier molecular flexibility index (Phi) is 3.95. The Hall–Kier alpha value is -1.75. The second kappa shape index (κ2) is 5.48. The third kappa shape index (κ3) is 2.38. The summed E-state index contributed by atoms with van der Waals surface area (Å²) in [5.74, 6) is 0.234. The lowest BCUT2D eigenvalue weighted by Crippen LogP contribution is -2.50. The fraction of sp³-hybridized carbons (Fsp3) is 0.500. The first-order valence-corrected chi connectivity index (χ1v) is 6.35. The Morgan fingerprint density at radius 1 is 1.53 bits per heavy atom. The average molecular weight is 264 g/mol. The van der Waals surface area contributed by atoms with E-state index in [1.165, 1.54) is 7.11 Å². The number of rotatable bonds is 3. The van der Waals surface area contributed by atoms with Crippen LogP contribution >= 0.6 is 0 Å². The smallest absolute Gasteiger partial charge is 0.341 e. The van der Waals surface area contributed by atoms with Crippen LogP contribution < -0.4 is 15.0 Å². The molecule has 1 aliphatic heterocycles. The second-order valence-electron chi connectivity index (χ2n) is 4.71. The van der Waals surface area contributed by atoms with Gasteiger partial charge >= 0.3 is 5.97 Å². The van der Waals surface area contributed by atoms with Crippen molar-refractivity contribution in [2.45, 2.75) is 19.1 Å². The molecule has 0 amide bonds. The van der Waals surface area contributed by atoms with E-state index in [1.54, 1.807) is 6.07 Å². The number of ether oxygens (including phenoxy) is 2. The summed E-state index contributed by atoms with van der Waals surface area (Å²) in [6, 6.07) is 5.75. The van der Waals surface area contributed by atoms with Gasteiger partial charge in [-0.25, -0.2) is 4.79 Å². The van der Waals surface area contributed by atoms with Crippen molar-refractivity contribution in [1.29, 1.82) is 0 Å². The Morgan fingerprint density at radius 2 is 2.26 bits per heavy atom. The van der Waals surface area contributed by atoms with Gasteiger partial charge in [0.15, 0.2) is 5.75 Å². The lowest BCUT2D eigenvalue weighted by molar-refractivity contribution is 0.0590. The molecule has 104 valence electrons. The maximum Gasteiger partial charge on any atom is 0.341 e. The van der Waals surface area contributed by atoms with E-state index in [0.717, 1.165) is 12.2 Å². The van der Waals surface area contributed by atoms with Crippen molar-refractivity contribution in [3.63, 3.8) is 0 Å². The third-order valence-corrected chi connectivity index (χ3v) is 3.60. The molecule has 1 aromatic carbocycles. The summed E-state index contributed by atoms with van der Waals surface area (Å²) in [6.45, 7) is 2.83. The molecular weight excluding hydrogens is 244 g/mol. The molecule has 0 saturated carbocycles. The van der Waals surface area contributed by atoms with Gasteiger partial charge in [-0.2, -0.15) is 0 Å². The number of carbonyl (C=O) groups excluding carboxylic acids is 1. The SMILES string of the molecule is CNCC1Oc2c(C(=O)OC)cccc2N(C)C1C. The molecule has 1 aliphatic rings. The van der Waals surface area contributed by atoms with E-state index in [1.807, 2.05) is 26.2 Å². The van der Waals surface area contributed by atoms with Crippen molar-refractivity contribution < 1.29 is 14.3 Å². The first-order chi connectivity index (χ1) is 9.10. The Morgan fingerprint density at radius 3 is 2.89 bits per heavy atom. The molecule has 0 radical (unpaired) electrons. The standard InChI is InChI=1S/C14H20N2O3/c1-9-12(8-15-2)19-13-10(14(17)18-4)6-5-7-11(13)16(9)3/h5-7,9,12,15H,8H2,1-4H3. The number of carbonyl (C=O) groups is 1. The number of fused-ring (bicyclic) bond motifs is 1. The predicted molar refractivity (Wildman–Crippen MR) is 74.0 cm³/mol. The lowest BCUT2D eigenvalue weighted by atomic mass is 10.0. The molecule has 2 rings (SSSR count). The van der Waals surface area contributed by atoms with Gasteiger partial charge in [0.05, 0.1) is 18.8 Å². The van der Waals surface area contributed by atoms with Crippen LogP contribution in [0.4, 0.5) is 5.69 Å². The van der Waals surface area contributed by atoms with E-state index in [9.17, 15) is 4.79 Å². The summed E-state index contributed by atoms with van der Waals surface area (Å²) in [5, 5.41) is 3.11. The largest absolute Gasteiger partial charge is 0.484 e. The molecule has 1 heterocycles. The van der Waals surface area contributed by atoms with Crippen molar-refractivity contribution >= 4 is 11.7 Å². The zero-order valence-electron chi connectivity index (χ0n) is 11.8. The van der Waals surface area contributed by atoms with Gasteiger partial charge < -0.3 is 19.7 Å². The first kappa shape index (κ1) is 13.7. The average Bonchev–Trinajstić information content (AvgIpc) is 2.43. The highest BCUT2D eigenvalue weighted by Crippen LogP contribution is 2.38. The van der Waals surface area contributed by atoms with Crippen molar-refractivity contribution in [3.8, 4) is 5.75 Å². The summed E-state index contributed by atoms with van der Waals surface area (Å²) in [4.78, 5) is 13.9. The normalized spacial score (nSPS) is 21.6. The molecule has 1 aromatic rings. The van der Waals surface area contributed by atoms with Gasteiger partial charge in [-0.3, -0.25) is 0 Å². The fourth-order valence-electron chi connectivity index (χ4n) is 2.33. The topological polar surface area (TPSA) is 50.8 Å². The molecule has 0 aromatic heterocycles. The monoisotopic (exact) mass is 264 g/mol. The molecule has 0 fully saturated rings. The summed E-state index contributed by atoms with van der Waals surface area (Å²) < 4.78 is 10.8. The van der Waals surface area contributed by atoms with E-state index in [4.69, 9.17) is 9.47 Å². The maximum atomic E-state index is 11.8. The van der Waals surface area contributed by atoms with Crippen LogP contribution in [0.3, 0.4) is 0 Å². The molecule has 2 atom stereocenters. The summed E-state index contributed by atoms with van der Waals surface area (Å²) >= 11 is 0. The minimum atomic E-state index is -0.372. The maximum absolute atomic E-state index is 11.8. The van der Waals surface area contributed by atoms with Crippen LogP contribution in [0.2, 0.25) is 0 Å². The molecule has 0 aliphatic carbocycles. The van der Waals surface area contributed by atoms with Gasteiger partial charge in [0, 0.05) is 13.6 Å². The summed E-state index contributed by atoms with van der Waals surface area (Å²) in [7, 11) is 5.27. The van der Waals surface area contributed by atoms with Gasteiger partial charge in [-0.1, -0.05) is 6.07 Å². The van der Waals surface area contributed by atoms with E-state index >= 15 is 0 Å². The van der Waals surface area contributed by atoms with Gasteiger partial charge in [-0.15, -0.1) is 0 Å². The van der Waals surface area contributed by atoms with Gasteiger partial charge in [-0.05, 0) is 26.1 Å². The first-order valence-electron chi connectivity index (χ1n) is 6.35. The molecular formula is C14H20N2O3. The molecule has 19 heavy (non-hydrogen) atoms. The fourth-order valence-corrected chi connectivity index (χ4v) is 2.33. The van der Waals surface area contributed by atoms with E-state index in [-0.39, 0.29) is 18.1 Å². The van der Waals surface area contributed by atoms with Gasteiger partial charge in [0.2, 0.25) is 0 Å². The number of hydrogen-bond acceptors (Lipinski definition) is 5. The minimum Gasteiger partial charge on any atom is -0.484 e. The minimum absolute atomic E-state index is 0.00620. The number of likely N-dealkylation sites (N-methyl/N-ethyl adjacent to an activating group) is 2. The number of nitrogens with zero attached hydrogens (tertiary/aromatic N) is 1. The number of anilines is 1. The van der Waals surface area contributed by atoms with E-state index in [2.05, 4.69) is 17.1 Å². The number of para-hydroxylation sites is 1. The highest BCUT2D eigenvalue weighted by molar-refractivity contribution is 5.95. The molecule has 5 nitrogen and oxygen atoms in total. The molecule has 1 N–H and O–H groups in total. The molecule has 5 heteroatoms. The molecule has 2 unspecified atom stereocenters. The van der Waals surface area contributed by atoms with Crippen LogP contribution in [0.15, 0.2) is 18.2 Å². The highest BCUT2D eigenvalue weighted by Gasteiger charge is 2.33. The zero-order valence-corrected chi connectivity index (χ0v) is 11.8. The van der Waals surface area contributed by atoms with Crippen LogP contribution in [-0.2, 0) is 4.74 Å². The van der Waals surface area contributed by atoms with Crippen molar-refractivity contribution in [2.75, 3.05) is 32.6 Å². The zero-order chi connectivity index (χ0) is 14.0. The predicted octanol–water partition coefficient (Wildman–Crippen LogP) is 1.28. The summed E-state index contributed by atoms with van der Waals surface area (Å²) in [6.07, 6.45) is -0.00620. The van der Waals surface area contributed by atoms with Crippen molar-refractivity contribution in [1.82, 2.24) is 5.32 Å². The highest BCUT2D eigenvalue weighted by atomic mass is 16.5. The Balaban J connectivity index is 2.44. The number of benzene rings is 1. The third-order valence-electron chi connectivity index (χ3n) is 3.60. The van der Waals surface area contributed by atoms with Crippen LogP contribution in [0, 0.1) is 0 Å². The quantitative estimate of drug-likeness (QED) is 0.833. The van der Waals surface area contributed by atoms with Crippen LogP contribution in [-0.4, -0.2) is 45.9 Å². The van der Waals surface area contributed by atoms with Gasteiger partial charge in [0.25, 0.3) is 0 Å². The van der Waals surface area contributed by atoms with Crippen LogP contribution in [0.5, 0.6) is 5.75 Å². The summed E-state index contributed by atoms with van der Waals surface area (Å²) in [5.41, 5.74) is 1.39.